The van der Waals surface area contributed by atoms with Gasteiger partial charge in [-0.05, 0) is 61.4 Å². The van der Waals surface area contributed by atoms with Gasteiger partial charge in [0.1, 0.15) is 11.5 Å². The Bertz CT molecular complexity index is 1530. The SMILES string of the molecule is O=C(N[C@@H]1CCCN(c2ccnc3cccc(F)c23)C1)c1ccc2[nH]nc(-c3ccncc3)c2c1. The van der Waals surface area contributed by atoms with Gasteiger partial charge in [0.2, 0.25) is 0 Å². The van der Waals surface area contributed by atoms with E-state index in [0.29, 0.717) is 23.0 Å². The summed E-state index contributed by atoms with van der Waals surface area (Å²) in [7, 11) is 0. The van der Waals surface area contributed by atoms with Crippen LogP contribution >= 0.6 is 0 Å². The molecule has 1 aliphatic rings. The summed E-state index contributed by atoms with van der Waals surface area (Å²) in [6.07, 6.45) is 6.91. The van der Waals surface area contributed by atoms with Crippen LogP contribution in [0.25, 0.3) is 33.1 Å². The van der Waals surface area contributed by atoms with Crippen LogP contribution in [0.1, 0.15) is 23.2 Å². The molecule has 2 aromatic carbocycles. The molecule has 1 atom stereocenters. The number of nitrogens with zero attached hydrogens (tertiary/aromatic N) is 4. The zero-order valence-corrected chi connectivity index (χ0v) is 18.9. The number of rotatable bonds is 4. The van der Waals surface area contributed by atoms with Crippen molar-refractivity contribution in [3.63, 3.8) is 0 Å². The smallest absolute Gasteiger partial charge is 0.251 e. The topological polar surface area (TPSA) is 86.8 Å². The molecule has 0 aliphatic carbocycles. The fourth-order valence-corrected chi connectivity index (χ4v) is 4.88. The highest BCUT2D eigenvalue weighted by Gasteiger charge is 2.24. The van der Waals surface area contributed by atoms with E-state index in [1.807, 2.05) is 36.4 Å². The van der Waals surface area contributed by atoms with Gasteiger partial charge in [-0.25, -0.2) is 4.39 Å². The lowest BCUT2D eigenvalue weighted by Gasteiger charge is -2.35. The lowest BCUT2D eigenvalue weighted by atomic mass is 10.0. The maximum Gasteiger partial charge on any atom is 0.251 e. The summed E-state index contributed by atoms with van der Waals surface area (Å²) >= 11 is 0. The number of aromatic nitrogens is 4. The molecule has 8 heteroatoms. The lowest BCUT2D eigenvalue weighted by molar-refractivity contribution is 0.0933. The van der Waals surface area contributed by atoms with Crippen LogP contribution < -0.4 is 10.2 Å². The number of amides is 1. The number of halogens is 1. The monoisotopic (exact) mass is 466 g/mol. The first-order valence-electron chi connectivity index (χ1n) is 11.6. The van der Waals surface area contributed by atoms with E-state index in [0.717, 1.165) is 47.2 Å². The standard InChI is InChI=1S/C27H23FN6O/c28-21-4-1-5-23-25(21)24(10-13-30-23)34-14-2-3-19(16-34)31-27(35)18-6-7-22-20(15-18)26(33-32-22)17-8-11-29-12-9-17/h1,4-13,15,19H,2-3,14,16H2,(H,31,35)(H,32,33)/t19-/m1/s1. The molecule has 0 radical (unpaired) electrons. The molecule has 174 valence electrons. The first-order chi connectivity index (χ1) is 17.2. The average molecular weight is 467 g/mol. The second-order valence-electron chi connectivity index (χ2n) is 8.79. The highest BCUT2D eigenvalue weighted by atomic mass is 19.1. The predicted molar refractivity (Wildman–Crippen MR) is 134 cm³/mol. The third-order valence-corrected chi connectivity index (χ3v) is 6.57. The third-order valence-electron chi connectivity index (χ3n) is 6.57. The number of anilines is 1. The number of aromatic amines is 1. The number of nitrogens with one attached hydrogen (secondary N) is 2. The van der Waals surface area contributed by atoms with Crippen LogP contribution in [-0.4, -0.2) is 45.2 Å². The Morgan fingerprint density at radius 1 is 1.09 bits per heavy atom. The Morgan fingerprint density at radius 2 is 1.97 bits per heavy atom. The Labute approximate surface area is 201 Å². The molecular weight excluding hydrogens is 443 g/mol. The summed E-state index contributed by atoms with van der Waals surface area (Å²) in [6.45, 7) is 1.41. The van der Waals surface area contributed by atoms with Crippen molar-refractivity contribution in [1.82, 2.24) is 25.5 Å². The van der Waals surface area contributed by atoms with Crippen LogP contribution in [0.3, 0.4) is 0 Å². The van der Waals surface area contributed by atoms with Crippen molar-refractivity contribution in [3.05, 3.63) is 84.6 Å². The van der Waals surface area contributed by atoms with Crippen LogP contribution in [0.5, 0.6) is 0 Å². The molecule has 1 amide bonds. The maximum absolute atomic E-state index is 14.6. The molecule has 5 aromatic rings. The second kappa shape index (κ2) is 8.79. The number of benzene rings is 2. The molecule has 35 heavy (non-hydrogen) atoms. The Kier molecular flexibility index (Phi) is 5.33. The van der Waals surface area contributed by atoms with Gasteiger partial charge in [0.15, 0.2) is 0 Å². The molecule has 1 aliphatic heterocycles. The Hall–Kier alpha value is -4.33. The molecule has 1 saturated heterocycles. The van der Waals surface area contributed by atoms with E-state index < -0.39 is 0 Å². The number of carbonyl (C=O) groups is 1. The highest BCUT2D eigenvalue weighted by molar-refractivity contribution is 6.01. The van der Waals surface area contributed by atoms with E-state index in [1.54, 1.807) is 30.7 Å². The van der Waals surface area contributed by atoms with Crippen molar-refractivity contribution in [2.75, 3.05) is 18.0 Å². The summed E-state index contributed by atoms with van der Waals surface area (Å²) in [5, 5.41) is 12.1. The van der Waals surface area contributed by atoms with Gasteiger partial charge >= 0.3 is 0 Å². The number of hydrogen-bond acceptors (Lipinski definition) is 5. The molecule has 0 bridgehead atoms. The number of fused-ring (bicyclic) bond motifs is 2. The van der Waals surface area contributed by atoms with Gasteiger partial charge in [0.25, 0.3) is 5.91 Å². The third kappa shape index (κ3) is 3.97. The van der Waals surface area contributed by atoms with Gasteiger partial charge in [0, 0.05) is 54.2 Å². The van der Waals surface area contributed by atoms with Gasteiger partial charge in [-0.2, -0.15) is 5.10 Å². The summed E-state index contributed by atoms with van der Waals surface area (Å²) in [5.74, 6) is -0.415. The van der Waals surface area contributed by atoms with Gasteiger partial charge in [0.05, 0.1) is 22.1 Å². The van der Waals surface area contributed by atoms with Crippen LogP contribution in [0.15, 0.2) is 73.2 Å². The predicted octanol–water partition coefficient (Wildman–Crippen LogP) is 4.71. The number of carbonyl (C=O) groups excluding carboxylic acids is 1. The lowest BCUT2D eigenvalue weighted by Crippen LogP contribution is -2.48. The molecule has 4 heterocycles. The minimum absolute atomic E-state index is 0.0500. The van der Waals surface area contributed by atoms with Crippen molar-refractivity contribution in [2.45, 2.75) is 18.9 Å². The largest absolute Gasteiger partial charge is 0.369 e. The number of hydrogen-bond donors (Lipinski definition) is 2. The van der Waals surface area contributed by atoms with Crippen molar-refractivity contribution in [1.29, 1.82) is 0 Å². The first-order valence-corrected chi connectivity index (χ1v) is 11.6. The molecular formula is C27H23FN6O. The summed E-state index contributed by atoms with van der Waals surface area (Å²) < 4.78 is 14.6. The average Bonchev–Trinajstić information content (AvgIpc) is 3.33. The van der Waals surface area contributed by atoms with E-state index in [9.17, 15) is 9.18 Å². The van der Waals surface area contributed by atoms with E-state index in [1.165, 1.54) is 6.07 Å². The van der Waals surface area contributed by atoms with Crippen molar-refractivity contribution >= 4 is 33.4 Å². The van der Waals surface area contributed by atoms with E-state index >= 15 is 0 Å². The van der Waals surface area contributed by atoms with E-state index in [-0.39, 0.29) is 17.8 Å². The van der Waals surface area contributed by atoms with Crippen LogP contribution in [0.2, 0.25) is 0 Å². The fourth-order valence-electron chi connectivity index (χ4n) is 4.88. The Morgan fingerprint density at radius 3 is 2.86 bits per heavy atom. The van der Waals surface area contributed by atoms with Crippen molar-refractivity contribution < 1.29 is 9.18 Å². The van der Waals surface area contributed by atoms with Crippen molar-refractivity contribution in [2.24, 2.45) is 0 Å². The van der Waals surface area contributed by atoms with E-state index in [2.05, 4.69) is 30.4 Å². The molecule has 0 unspecified atom stereocenters. The highest BCUT2D eigenvalue weighted by Crippen LogP contribution is 2.30. The number of H-pyrrole nitrogens is 1. The van der Waals surface area contributed by atoms with Gasteiger partial charge in [-0.15, -0.1) is 0 Å². The summed E-state index contributed by atoms with van der Waals surface area (Å²) in [4.78, 5) is 23.7. The zero-order chi connectivity index (χ0) is 23.8. The molecule has 0 saturated carbocycles. The second-order valence-corrected chi connectivity index (χ2v) is 8.79. The van der Waals surface area contributed by atoms with Crippen LogP contribution in [0, 0.1) is 5.82 Å². The molecule has 2 N–H and O–H groups in total. The zero-order valence-electron chi connectivity index (χ0n) is 18.9. The fraction of sp³-hybridized carbons (Fsp3) is 0.185. The quantitative estimate of drug-likeness (QED) is 0.401. The molecule has 6 rings (SSSR count). The maximum atomic E-state index is 14.6. The van der Waals surface area contributed by atoms with Crippen molar-refractivity contribution in [3.8, 4) is 11.3 Å². The molecule has 7 nitrogen and oxygen atoms in total. The van der Waals surface area contributed by atoms with Crippen LogP contribution in [-0.2, 0) is 0 Å². The Balaban J connectivity index is 1.24. The van der Waals surface area contributed by atoms with Gasteiger partial charge in [-0.3, -0.25) is 19.9 Å². The minimum atomic E-state index is -0.282. The van der Waals surface area contributed by atoms with E-state index in [4.69, 9.17) is 0 Å². The molecule has 0 spiro atoms. The van der Waals surface area contributed by atoms with Crippen LogP contribution in [0.4, 0.5) is 10.1 Å². The number of piperidine rings is 1. The van der Waals surface area contributed by atoms with Gasteiger partial charge < -0.3 is 10.2 Å². The molecule has 3 aromatic heterocycles. The summed E-state index contributed by atoms with van der Waals surface area (Å²) in [5.41, 5.74) is 4.60. The normalized spacial score (nSPS) is 16.0. The first kappa shape index (κ1) is 21.2. The van der Waals surface area contributed by atoms with Gasteiger partial charge in [-0.1, -0.05) is 6.07 Å². The molecule has 1 fully saturated rings. The number of pyridine rings is 2. The summed E-state index contributed by atoms with van der Waals surface area (Å²) in [6, 6.07) is 16.1. The minimum Gasteiger partial charge on any atom is -0.369 e.